The molecule has 156 valence electrons. The lowest BCUT2D eigenvalue weighted by molar-refractivity contribution is -0.142. The molecule has 1 heterocycles. The van der Waals surface area contributed by atoms with E-state index in [9.17, 15) is 24.3 Å². The van der Waals surface area contributed by atoms with Crippen molar-refractivity contribution in [3.05, 3.63) is 18.2 Å². The van der Waals surface area contributed by atoms with Crippen molar-refractivity contribution in [3.8, 4) is 0 Å². The van der Waals surface area contributed by atoms with Crippen LogP contribution >= 0.6 is 0 Å². The average molecular weight is 400 g/mol. The lowest BCUT2D eigenvalue weighted by atomic mass is 10.1. The number of aliphatic hydroxyl groups excluding tert-OH is 2. The largest absolute Gasteiger partial charge is 0.480 e. The topological polar surface area (TPSA) is 220 Å². The standard InChI is InChI=1S/C15H24N6O7/c1-7(23)12(21-13(25)9(16)2-8-3-17-6-19-8)14(26)18-4-11(24)20-10(5-22)15(27)28/h3,6-7,9-10,12,22-23H,2,4-5,16H2,1H3,(H,17,19)(H,18,26)(H,20,24)(H,21,25)(H,27,28). The molecule has 0 aromatic carbocycles. The predicted octanol–water partition coefficient (Wildman–Crippen LogP) is -4.18. The van der Waals surface area contributed by atoms with Crippen LogP contribution in [0.25, 0.3) is 0 Å². The molecule has 0 aliphatic heterocycles. The van der Waals surface area contributed by atoms with Gasteiger partial charge < -0.3 is 42.0 Å². The third kappa shape index (κ3) is 7.30. The highest BCUT2D eigenvalue weighted by atomic mass is 16.4. The zero-order valence-electron chi connectivity index (χ0n) is 15.1. The van der Waals surface area contributed by atoms with E-state index in [1.807, 2.05) is 5.32 Å². The molecule has 1 aromatic rings. The third-order valence-corrected chi connectivity index (χ3v) is 3.63. The van der Waals surface area contributed by atoms with Crippen molar-refractivity contribution >= 4 is 23.7 Å². The lowest BCUT2D eigenvalue weighted by Crippen LogP contribution is -2.57. The Kier molecular flexibility index (Phi) is 9.01. The molecule has 1 rings (SSSR count). The molecule has 28 heavy (non-hydrogen) atoms. The second-order valence-electron chi connectivity index (χ2n) is 5.97. The molecule has 4 atom stereocenters. The number of nitrogens with two attached hydrogens (primary N) is 1. The fourth-order valence-corrected chi connectivity index (χ4v) is 2.10. The Morgan fingerprint density at radius 3 is 2.43 bits per heavy atom. The minimum Gasteiger partial charge on any atom is -0.480 e. The first-order valence-corrected chi connectivity index (χ1v) is 8.27. The van der Waals surface area contributed by atoms with Gasteiger partial charge >= 0.3 is 5.97 Å². The molecule has 0 radical (unpaired) electrons. The zero-order valence-corrected chi connectivity index (χ0v) is 15.1. The van der Waals surface area contributed by atoms with E-state index >= 15 is 0 Å². The van der Waals surface area contributed by atoms with Crippen LogP contribution in [0.5, 0.6) is 0 Å². The van der Waals surface area contributed by atoms with Crippen LogP contribution in [0.15, 0.2) is 12.5 Å². The van der Waals surface area contributed by atoms with Gasteiger partial charge in [-0.15, -0.1) is 0 Å². The smallest absolute Gasteiger partial charge is 0.328 e. The van der Waals surface area contributed by atoms with Crippen LogP contribution < -0.4 is 21.7 Å². The van der Waals surface area contributed by atoms with Gasteiger partial charge in [-0.05, 0) is 6.92 Å². The number of aliphatic carboxylic acids is 1. The molecule has 0 bridgehead atoms. The van der Waals surface area contributed by atoms with E-state index in [0.29, 0.717) is 5.69 Å². The summed E-state index contributed by atoms with van der Waals surface area (Å²) in [6, 6.07) is -3.92. The summed E-state index contributed by atoms with van der Waals surface area (Å²) in [5, 5.41) is 33.8. The van der Waals surface area contributed by atoms with Gasteiger partial charge in [-0.1, -0.05) is 0 Å². The number of carbonyl (C=O) groups is 4. The molecule has 0 aliphatic carbocycles. The van der Waals surface area contributed by atoms with Crippen molar-refractivity contribution < 1.29 is 34.5 Å². The average Bonchev–Trinajstić information content (AvgIpc) is 3.14. The molecular weight excluding hydrogens is 376 g/mol. The molecule has 3 amide bonds. The molecule has 0 aliphatic rings. The number of imidazole rings is 1. The summed E-state index contributed by atoms with van der Waals surface area (Å²) in [5.41, 5.74) is 6.37. The van der Waals surface area contributed by atoms with Crippen LogP contribution in [0, 0.1) is 0 Å². The fourth-order valence-electron chi connectivity index (χ4n) is 2.10. The fraction of sp³-hybridized carbons (Fsp3) is 0.533. The summed E-state index contributed by atoms with van der Waals surface area (Å²) < 4.78 is 0. The Balaban J connectivity index is 2.57. The second kappa shape index (κ2) is 11.0. The van der Waals surface area contributed by atoms with Crippen LogP contribution in [0.4, 0.5) is 0 Å². The first-order valence-electron chi connectivity index (χ1n) is 8.27. The number of aromatic amines is 1. The summed E-state index contributed by atoms with van der Waals surface area (Å²) in [7, 11) is 0. The molecule has 13 heteroatoms. The minimum atomic E-state index is -1.52. The number of aliphatic hydroxyl groups is 2. The van der Waals surface area contributed by atoms with Gasteiger partial charge in [-0.2, -0.15) is 0 Å². The highest BCUT2D eigenvalue weighted by molar-refractivity contribution is 5.93. The molecule has 13 nitrogen and oxygen atoms in total. The number of rotatable bonds is 11. The van der Waals surface area contributed by atoms with Gasteiger partial charge in [0.1, 0.15) is 12.1 Å². The third-order valence-electron chi connectivity index (χ3n) is 3.63. The van der Waals surface area contributed by atoms with E-state index in [0.717, 1.165) is 0 Å². The number of nitrogens with one attached hydrogen (secondary N) is 4. The van der Waals surface area contributed by atoms with Crippen molar-refractivity contribution in [2.45, 2.75) is 37.6 Å². The maximum Gasteiger partial charge on any atom is 0.328 e. The van der Waals surface area contributed by atoms with E-state index in [1.54, 1.807) is 0 Å². The van der Waals surface area contributed by atoms with E-state index in [4.69, 9.17) is 15.9 Å². The van der Waals surface area contributed by atoms with Crippen LogP contribution in [0.1, 0.15) is 12.6 Å². The van der Waals surface area contributed by atoms with E-state index in [1.165, 1.54) is 19.4 Å². The van der Waals surface area contributed by atoms with Crippen LogP contribution in [0.3, 0.4) is 0 Å². The van der Waals surface area contributed by atoms with E-state index in [-0.39, 0.29) is 6.42 Å². The zero-order chi connectivity index (χ0) is 21.3. The Labute approximate surface area is 159 Å². The SMILES string of the molecule is CC(O)C(NC(=O)C(N)Cc1cnc[nH]1)C(=O)NCC(=O)NC(CO)C(=O)O. The lowest BCUT2D eigenvalue weighted by Gasteiger charge is -2.22. The van der Waals surface area contributed by atoms with Gasteiger partial charge in [0.05, 0.1) is 31.6 Å². The summed E-state index contributed by atoms with van der Waals surface area (Å²) in [5.74, 6) is -3.89. The number of aromatic nitrogens is 2. The number of H-pyrrole nitrogens is 1. The molecular formula is C15H24N6O7. The highest BCUT2D eigenvalue weighted by Crippen LogP contribution is 1.99. The van der Waals surface area contributed by atoms with Gasteiger partial charge in [0.2, 0.25) is 17.7 Å². The van der Waals surface area contributed by atoms with Crippen molar-refractivity contribution in [2.24, 2.45) is 5.73 Å². The molecule has 0 saturated carbocycles. The van der Waals surface area contributed by atoms with Gasteiger partial charge in [0.15, 0.2) is 0 Å². The first kappa shape index (κ1) is 23.0. The van der Waals surface area contributed by atoms with Crippen molar-refractivity contribution in [1.29, 1.82) is 0 Å². The van der Waals surface area contributed by atoms with Crippen LogP contribution in [0.2, 0.25) is 0 Å². The number of carbonyl (C=O) groups excluding carboxylic acids is 3. The maximum atomic E-state index is 12.2. The number of amides is 3. The number of nitrogens with zero attached hydrogens (tertiary/aromatic N) is 1. The summed E-state index contributed by atoms with van der Waals surface area (Å²) >= 11 is 0. The van der Waals surface area contributed by atoms with Gasteiger partial charge in [0.25, 0.3) is 0 Å². The molecule has 9 N–H and O–H groups in total. The predicted molar refractivity (Wildman–Crippen MR) is 93.5 cm³/mol. The Hall–Kier alpha value is -3.03. The van der Waals surface area contributed by atoms with E-state index in [2.05, 4.69) is 20.6 Å². The molecule has 4 unspecified atom stereocenters. The summed E-state index contributed by atoms with van der Waals surface area (Å²) in [4.78, 5) is 53.3. The maximum absolute atomic E-state index is 12.2. The number of hydrogen-bond donors (Lipinski definition) is 8. The number of carboxylic acids is 1. The first-order chi connectivity index (χ1) is 13.1. The van der Waals surface area contributed by atoms with Crippen LogP contribution in [-0.2, 0) is 25.6 Å². The Morgan fingerprint density at radius 1 is 1.25 bits per heavy atom. The van der Waals surface area contributed by atoms with Gasteiger partial charge in [0, 0.05) is 18.3 Å². The quantitative estimate of drug-likeness (QED) is 0.180. The number of carboxylic acid groups (broad SMARTS) is 1. The molecule has 0 saturated heterocycles. The Morgan fingerprint density at radius 2 is 1.93 bits per heavy atom. The van der Waals surface area contributed by atoms with Crippen molar-refractivity contribution in [1.82, 2.24) is 25.9 Å². The van der Waals surface area contributed by atoms with Gasteiger partial charge in [-0.3, -0.25) is 14.4 Å². The normalized spacial score (nSPS) is 15.0. The molecule has 0 spiro atoms. The summed E-state index contributed by atoms with van der Waals surface area (Å²) in [6.07, 6.45) is 1.74. The van der Waals surface area contributed by atoms with Crippen molar-refractivity contribution in [2.75, 3.05) is 13.2 Å². The molecule has 0 fully saturated rings. The number of hydrogen-bond acceptors (Lipinski definition) is 8. The second-order valence-corrected chi connectivity index (χ2v) is 5.97. The minimum absolute atomic E-state index is 0.125. The molecule has 1 aromatic heterocycles. The highest BCUT2D eigenvalue weighted by Gasteiger charge is 2.28. The van der Waals surface area contributed by atoms with Crippen molar-refractivity contribution in [3.63, 3.8) is 0 Å². The summed E-state index contributed by atoms with van der Waals surface area (Å²) in [6.45, 7) is -0.186. The van der Waals surface area contributed by atoms with Crippen LogP contribution in [-0.4, -0.2) is 86.4 Å². The van der Waals surface area contributed by atoms with Gasteiger partial charge in [-0.25, -0.2) is 9.78 Å². The Bertz CT molecular complexity index is 678. The van der Waals surface area contributed by atoms with E-state index < -0.39 is 61.1 Å². The monoisotopic (exact) mass is 400 g/mol.